The zero-order chi connectivity index (χ0) is 12.8. The van der Waals surface area contributed by atoms with Crippen molar-refractivity contribution in [3.63, 3.8) is 0 Å². The standard InChI is InChI=1S/C12H15F2NO2/c1-11(2,3)10(15)7-4-5-8-9(6-7)17-12(13,14)16-8/h4-6,10H,15H2,1-3H3. The van der Waals surface area contributed by atoms with Gasteiger partial charge in [0, 0.05) is 6.04 Å². The Bertz CT molecular complexity index is 441. The predicted octanol–water partition coefficient (Wildman–Crippen LogP) is 3.05. The number of fused-ring (bicyclic) bond motifs is 1. The fraction of sp³-hybridized carbons (Fsp3) is 0.500. The Kier molecular flexibility index (Phi) is 2.54. The van der Waals surface area contributed by atoms with Crippen LogP contribution in [0.3, 0.4) is 0 Å². The number of halogens is 2. The number of alkyl halides is 2. The fourth-order valence-electron chi connectivity index (χ4n) is 1.66. The van der Waals surface area contributed by atoms with Gasteiger partial charge in [-0.1, -0.05) is 26.8 Å². The van der Waals surface area contributed by atoms with Crippen LogP contribution in [0, 0.1) is 5.41 Å². The minimum absolute atomic E-state index is 0.0344. The highest BCUT2D eigenvalue weighted by Crippen LogP contribution is 2.43. The van der Waals surface area contributed by atoms with E-state index in [1.54, 1.807) is 6.07 Å². The number of benzene rings is 1. The molecule has 94 valence electrons. The normalized spacial score (nSPS) is 19.2. The summed E-state index contributed by atoms with van der Waals surface area (Å²) in [6.07, 6.45) is -3.58. The first-order valence-corrected chi connectivity index (χ1v) is 5.34. The van der Waals surface area contributed by atoms with E-state index in [9.17, 15) is 8.78 Å². The Morgan fingerprint density at radius 1 is 1.18 bits per heavy atom. The van der Waals surface area contributed by atoms with Crippen molar-refractivity contribution in [3.8, 4) is 11.5 Å². The smallest absolute Gasteiger partial charge is 0.395 e. The van der Waals surface area contributed by atoms with Crippen LogP contribution in [0.2, 0.25) is 0 Å². The molecule has 0 saturated carbocycles. The van der Waals surface area contributed by atoms with Crippen LogP contribution >= 0.6 is 0 Å². The molecule has 1 aromatic carbocycles. The van der Waals surface area contributed by atoms with E-state index in [-0.39, 0.29) is 23.0 Å². The number of nitrogens with two attached hydrogens (primary N) is 1. The topological polar surface area (TPSA) is 44.5 Å². The molecular weight excluding hydrogens is 228 g/mol. The van der Waals surface area contributed by atoms with Crippen molar-refractivity contribution < 1.29 is 18.3 Å². The number of rotatable bonds is 1. The Balaban J connectivity index is 2.31. The molecule has 0 aliphatic carbocycles. The molecule has 0 spiro atoms. The molecule has 1 heterocycles. The molecule has 2 rings (SSSR count). The maximum atomic E-state index is 12.8. The van der Waals surface area contributed by atoms with Crippen molar-refractivity contribution in [2.24, 2.45) is 11.1 Å². The second-order valence-corrected chi connectivity index (χ2v) is 5.22. The molecule has 17 heavy (non-hydrogen) atoms. The average Bonchev–Trinajstić information content (AvgIpc) is 2.47. The van der Waals surface area contributed by atoms with Crippen LogP contribution < -0.4 is 15.2 Å². The second kappa shape index (κ2) is 3.57. The molecule has 0 radical (unpaired) electrons. The first kappa shape index (κ1) is 12.1. The summed E-state index contributed by atoms with van der Waals surface area (Å²) < 4.78 is 34.4. The molecule has 1 unspecified atom stereocenters. The molecule has 0 fully saturated rings. The summed E-state index contributed by atoms with van der Waals surface area (Å²) in [7, 11) is 0. The maximum Gasteiger partial charge on any atom is 0.586 e. The van der Waals surface area contributed by atoms with Crippen LogP contribution in [0.25, 0.3) is 0 Å². The van der Waals surface area contributed by atoms with E-state index in [1.165, 1.54) is 12.1 Å². The summed E-state index contributed by atoms with van der Waals surface area (Å²) in [5, 5.41) is 0. The van der Waals surface area contributed by atoms with Gasteiger partial charge in [0.05, 0.1) is 0 Å². The zero-order valence-electron chi connectivity index (χ0n) is 9.96. The molecule has 0 saturated heterocycles. The first-order valence-electron chi connectivity index (χ1n) is 5.34. The number of hydrogen-bond acceptors (Lipinski definition) is 3. The van der Waals surface area contributed by atoms with E-state index in [0.29, 0.717) is 0 Å². The third-order valence-corrected chi connectivity index (χ3v) is 2.72. The molecule has 1 aliphatic heterocycles. The van der Waals surface area contributed by atoms with Gasteiger partial charge in [-0.25, -0.2) is 0 Å². The molecule has 3 nitrogen and oxygen atoms in total. The van der Waals surface area contributed by atoms with Crippen molar-refractivity contribution in [2.45, 2.75) is 33.1 Å². The Morgan fingerprint density at radius 2 is 1.76 bits per heavy atom. The quantitative estimate of drug-likeness (QED) is 0.824. The van der Waals surface area contributed by atoms with Gasteiger partial charge < -0.3 is 15.2 Å². The molecule has 1 aromatic rings. The van der Waals surface area contributed by atoms with Gasteiger partial charge in [-0.05, 0) is 23.1 Å². The fourth-order valence-corrected chi connectivity index (χ4v) is 1.66. The molecule has 0 bridgehead atoms. The highest BCUT2D eigenvalue weighted by molar-refractivity contribution is 5.46. The van der Waals surface area contributed by atoms with Crippen molar-refractivity contribution in [3.05, 3.63) is 23.8 Å². The van der Waals surface area contributed by atoms with Gasteiger partial charge in [0.2, 0.25) is 0 Å². The van der Waals surface area contributed by atoms with Gasteiger partial charge in [0.1, 0.15) is 0 Å². The van der Waals surface area contributed by atoms with E-state index in [4.69, 9.17) is 5.73 Å². The third kappa shape index (κ3) is 2.34. The first-order chi connectivity index (χ1) is 7.69. The molecule has 0 aromatic heterocycles. The van der Waals surface area contributed by atoms with E-state index >= 15 is 0 Å². The summed E-state index contributed by atoms with van der Waals surface area (Å²) in [6, 6.07) is 4.38. The Morgan fingerprint density at radius 3 is 2.35 bits per heavy atom. The van der Waals surface area contributed by atoms with Crippen LogP contribution in [-0.4, -0.2) is 6.29 Å². The van der Waals surface area contributed by atoms with E-state index in [2.05, 4.69) is 9.47 Å². The van der Waals surface area contributed by atoms with Crippen LogP contribution in [0.4, 0.5) is 8.78 Å². The lowest BCUT2D eigenvalue weighted by Gasteiger charge is -2.27. The van der Waals surface area contributed by atoms with Gasteiger partial charge in [-0.3, -0.25) is 0 Å². The number of hydrogen-bond donors (Lipinski definition) is 1. The molecule has 2 N–H and O–H groups in total. The minimum Gasteiger partial charge on any atom is -0.395 e. The van der Waals surface area contributed by atoms with Crippen LogP contribution in [0.15, 0.2) is 18.2 Å². The predicted molar refractivity (Wildman–Crippen MR) is 59.0 cm³/mol. The van der Waals surface area contributed by atoms with Crippen molar-refractivity contribution in [1.29, 1.82) is 0 Å². The lowest BCUT2D eigenvalue weighted by Crippen LogP contribution is -2.26. The largest absolute Gasteiger partial charge is 0.586 e. The maximum absolute atomic E-state index is 12.8. The minimum atomic E-state index is -3.58. The highest BCUT2D eigenvalue weighted by atomic mass is 19.3. The Hall–Kier alpha value is -1.36. The molecule has 5 heteroatoms. The zero-order valence-corrected chi connectivity index (χ0v) is 9.96. The summed E-state index contributed by atoms with van der Waals surface area (Å²) in [5.41, 5.74) is 6.64. The van der Waals surface area contributed by atoms with E-state index < -0.39 is 6.29 Å². The van der Waals surface area contributed by atoms with Gasteiger partial charge in [-0.2, -0.15) is 0 Å². The van der Waals surface area contributed by atoms with E-state index in [1.807, 2.05) is 20.8 Å². The summed E-state index contributed by atoms with van der Waals surface area (Å²) in [5.74, 6) is 0.0760. The summed E-state index contributed by atoms with van der Waals surface area (Å²) in [4.78, 5) is 0. The van der Waals surface area contributed by atoms with Gasteiger partial charge in [0.15, 0.2) is 11.5 Å². The van der Waals surface area contributed by atoms with Gasteiger partial charge >= 0.3 is 6.29 Å². The van der Waals surface area contributed by atoms with Crippen LogP contribution in [0.5, 0.6) is 11.5 Å². The van der Waals surface area contributed by atoms with Gasteiger partial charge in [-0.15, -0.1) is 8.78 Å². The van der Waals surface area contributed by atoms with E-state index in [0.717, 1.165) is 5.56 Å². The SMILES string of the molecule is CC(C)(C)C(N)c1ccc2c(c1)OC(F)(F)O2. The molecule has 0 amide bonds. The van der Waals surface area contributed by atoms with Crippen molar-refractivity contribution in [1.82, 2.24) is 0 Å². The lowest BCUT2D eigenvalue weighted by molar-refractivity contribution is -0.286. The average molecular weight is 243 g/mol. The molecular formula is C12H15F2NO2. The highest BCUT2D eigenvalue weighted by Gasteiger charge is 2.43. The molecule has 1 aliphatic rings. The van der Waals surface area contributed by atoms with Gasteiger partial charge in [0.25, 0.3) is 0 Å². The second-order valence-electron chi connectivity index (χ2n) is 5.22. The number of ether oxygens (including phenoxy) is 2. The van der Waals surface area contributed by atoms with Crippen molar-refractivity contribution in [2.75, 3.05) is 0 Å². The summed E-state index contributed by atoms with van der Waals surface area (Å²) in [6.45, 7) is 5.95. The lowest BCUT2D eigenvalue weighted by atomic mass is 9.83. The monoisotopic (exact) mass is 243 g/mol. The van der Waals surface area contributed by atoms with Crippen LogP contribution in [-0.2, 0) is 0 Å². The third-order valence-electron chi connectivity index (χ3n) is 2.72. The van der Waals surface area contributed by atoms with Crippen LogP contribution in [0.1, 0.15) is 32.4 Å². The summed E-state index contributed by atoms with van der Waals surface area (Å²) >= 11 is 0. The Labute approximate surface area is 98.5 Å². The van der Waals surface area contributed by atoms with Crippen molar-refractivity contribution >= 4 is 0 Å². The molecule has 1 atom stereocenters.